The van der Waals surface area contributed by atoms with Gasteiger partial charge in [-0.2, -0.15) is 6.42 Å². The van der Waals surface area contributed by atoms with Crippen molar-refractivity contribution in [2.24, 2.45) is 0 Å². The molecule has 11 heteroatoms. The van der Waals surface area contributed by atoms with Crippen molar-refractivity contribution in [2.45, 2.75) is 155 Å². The third-order valence-electron chi connectivity index (χ3n) is 10.7. The van der Waals surface area contributed by atoms with E-state index in [0.29, 0.717) is 0 Å². The molecule has 0 heterocycles. The molecule has 0 atom stereocenters. The molecule has 0 aliphatic rings. The summed E-state index contributed by atoms with van der Waals surface area (Å²) in [5, 5.41) is -0.135. The predicted molar refractivity (Wildman–Crippen MR) is 272 cm³/mol. The first-order chi connectivity index (χ1) is 24.5. The van der Waals surface area contributed by atoms with Crippen molar-refractivity contribution in [1.82, 2.24) is 0 Å². The molecule has 1 nitrogen and oxygen atoms in total. The van der Waals surface area contributed by atoms with Crippen LogP contribution in [0.15, 0.2) is 114 Å². The van der Waals surface area contributed by atoms with E-state index in [1.54, 1.807) is 0 Å². The third kappa shape index (κ3) is 27.3. The van der Waals surface area contributed by atoms with E-state index in [0.717, 1.165) is 67.6 Å². The molecule has 0 aromatic heterocycles. The molecular weight excluding hydrogens is 895 g/mol. The summed E-state index contributed by atoms with van der Waals surface area (Å²) >= 11 is 17.0. The summed E-state index contributed by atoms with van der Waals surface area (Å²) in [6, 6.07) is 13.4. The molecule has 0 amide bonds. The maximum Gasteiger partial charge on any atom is 2.00 e. The van der Waals surface area contributed by atoms with Crippen molar-refractivity contribution in [3.05, 3.63) is 121 Å². The van der Waals surface area contributed by atoms with Gasteiger partial charge in [0.15, 0.2) is 8.32 Å². The van der Waals surface area contributed by atoms with Gasteiger partial charge in [0.05, 0.1) is 24.2 Å². The van der Waals surface area contributed by atoms with Crippen LogP contribution in [0.5, 0.6) is 0 Å². The summed E-state index contributed by atoms with van der Waals surface area (Å²) < 4.78 is 0. The number of halogens is 4. The van der Waals surface area contributed by atoms with E-state index in [2.05, 4.69) is 142 Å². The molecule has 0 aromatic carbocycles. The van der Waals surface area contributed by atoms with E-state index in [-0.39, 0.29) is 50.1 Å². The summed E-state index contributed by atoms with van der Waals surface area (Å²) in [6.45, 7) is 52.2. The number of hydrogen-bond acceptors (Lipinski definition) is 1. The molecule has 0 unspecified atom stereocenters. The maximum atomic E-state index is 12.0. The van der Waals surface area contributed by atoms with Crippen LogP contribution in [0.3, 0.4) is 0 Å². The molecule has 0 radical (unpaired) electrons. The molecule has 0 saturated heterocycles. The Morgan fingerprint density at radius 3 is 0.800 bits per heavy atom. The predicted octanol–water partition coefficient (Wildman–Crippen LogP) is 13.8. The molecular formula is C44H82BrCl3MgOSi5. The standard InChI is InChI=1S/C28H52OSi3.C12H21Si.C4H9Cl3Si.BrH.Mg/c1-10-18-30(19-11-2,20-12-3)24-16-26-32(29,28(7,8)9)27-17-25-31(21-13-4,22-14-5)23-15-6;1-5-9-13(10-6-2,11-7-3)12-8-4;1-4(2,3)8(5,6)7;;/h10-15,29H,1-6,16-27H2,7-9H3;5-7H,1-4,8-12H2;1-3H3;1H;/q;-1;;;+2/p-1. The van der Waals surface area contributed by atoms with Gasteiger partial charge in [0.2, 0.25) is 0 Å². The minimum atomic E-state index is -2.44. The minimum Gasteiger partial charge on any atom is -1.00 e. The summed E-state index contributed by atoms with van der Waals surface area (Å²) in [7, 11) is -6.65. The topological polar surface area (TPSA) is 20.2 Å². The quantitative estimate of drug-likeness (QED) is 0.0358. The monoisotopic (exact) mass is 974 g/mol. The average Bonchev–Trinajstić information content (AvgIpc) is 3.02. The van der Waals surface area contributed by atoms with Crippen molar-refractivity contribution in [3.63, 3.8) is 0 Å². The first-order valence-electron chi connectivity index (χ1n) is 19.6. The Bertz CT molecular complexity index is 977. The first-order valence-corrected chi connectivity index (χ1v) is 35.5. The Labute approximate surface area is 389 Å². The van der Waals surface area contributed by atoms with Crippen molar-refractivity contribution in [1.29, 1.82) is 0 Å². The molecule has 0 aromatic rings. The molecule has 0 fully saturated rings. The molecule has 0 aliphatic carbocycles. The zero-order chi connectivity index (χ0) is 41.9. The van der Waals surface area contributed by atoms with Gasteiger partial charge in [-0.1, -0.05) is 127 Å². The second-order valence-electron chi connectivity index (χ2n) is 17.3. The molecule has 55 heavy (non-hydrogen) atoms. The van der Waals surface area contributed by atoms with Crippen molar-refractivity contribution < 1.29 is 21.8 Å². The third-order valence-corrected chi connectivity index (χ3v) is 37.3. The SMILES string of the molecule is C=CC[Si](CC=C)(CC=C)CCC[Si](O)(CCC[Si](CC=C)(CC=C)CC=C)C(C)(C)C.C=CC[Si](CC=C)(CC=C)CC[CH2-].CC(C)(C)[Si](Cl)(Cl)Cl.[Br-].[Mg+2]. The van der Waals surface area contributed by atoms with Gasteiger partial charge in [0, 0.05) is 0 Å². The van der Waals surface area contributed by atoms with Crippen LogP contribution in [0.25, 0.3) is 0 Å². The second-order valence-corrected chi connectivity index (χ2v) is 45.4. The van der Waals surface area contributed by atoms with E-state index >= 15 is 0 Å². The van der Waals surface area contributed by atoms with E-state index < -0.39 is 38.5 Å². The summed E-state index contributed by atoms with van der Waals surface area (Å²) in [4.78, 5) is 12.0. The van der Waals surface area contributed by atoms with Gasteiger partial charge < -0.3 is 28.7 Å². The largest absolute Gasteiger partial charge is 2.00 e. The zero-order valence-electron chi connectivity index (χ0n) is 36.5. The van der Waals surface area contributed by atoms with Gasteiger partial charge in [0.1, 0.15) is 0 Å². The number of rotatable bonds is 28. The molecule has 0 rings (SSSR count). The fourth-order valence-corrected chi connectivity index (χ4v) is 22.6. The van der Waals surface area contributed by atoms with E-state index in [1.165, 1.54) is 36.3 Å². The number of hydrogen-bond donors (Lipinski definition) is 1. The fourth-order valence-electron chi connectivity index (χ4n) is 7.19. The van der Waals surface area contributed by atoms with Crippen LogP contribution >= 0.6 is 33.2 Å². The van der Waals surface area contributed by atoms with E-state index in [9.17, 15) is 4.80 Å². The van der Waals surface area contributed by atoms with Gasteiger partial charge in [-0.15, -0.1) is 92.4 Å². The van der Waals surface area contributed by atoms with Crippen LogP contribution in [-0.4, -0.2) is 66.4 Å². The van der Waals surface area contributed by atoms with Crippen LogP contribution in [-0.2, 0) is 0 Å². The van der Waals surface area contributed by atoms with Crippen molar-refractivity contribution in [2.75, 3.05) is 0 Å². The van der Waals surface area contributed by atoms with Crippen molar-refractivity contribution >= 4 is 94.8 Å². The van der Waals surface area contributed by atoms with Gasteiger partial charge in [-0.25, -0.2) is 0 Å². The Morgan fingerprint density at radius 2 is 0.655 bits per heavy atom. The zero-order valence-corrected chi connectivity index (χ0v) is 46.7. The molecule has 0 aliphatic heterocycles. The van der Waals surface area contributed by atoms with Crippen LogP contribution in [0.4, 0.5) is 0 Å². The van der Waals surface area contributed by atoms with Crippen LogP contribution < -0.4 is 17.0 Å². The van der Waals surface area contributed by atoms with E-state index in [4.69, 9.17) is 33.2 Å². The maximum absolute atomic E-state index is 12.0. The van der Waals surface area contributed by atoms with Gasteiger partial charge >= 0.3 is 29.1 Å². The summed E-state index contributed by atoms with van der Waals surface area (Å²) in [5.74, 6) is 0. The van der Waals surface area contributed by atoms with Gasteiger partial charge in [-0.3, -0.25) is 0 Å². The molecule has 314 valence electrons. The number of allylic oxidation sites excluding steroid dienone is 9. The molecule has 0 bridgehead atoms. The van der Waals surface area contributed by atoms with Gasteiger partial charge in [-0.05, 0) is 76.6 Å². The second kappa shape index (κ2) is 33.5. The Hall–Kier alpha value is 0.821. The first kappa shape index (κ1) is 65.0. The Morgan fingerprint density at radius 1 is 0.455 bits per heavy atom. The smallest absolute Gasteiger partial charge is 1.00 e. The van der Waals surface area contributed by atoms with Gasteiger partial charge in [0.25, 0.3) is 0 Å². The van der Waals surface area contributed by atoms with Crippen molar-refractivity contribution in [3.8, 4) is 0 Å². The fraction of sp³-hybridized carbons (Fsp3) is 0.568. The van der Waals surface area contributed by atoms with Crippen LogP contribution in [0.1, 0.15) is 60.8 Å². The average molecular weight is 978 g/mol. The normalized spacial score (nSPS) is 12.1. The Balaban J connectivity index is -0.000000297. The summed E-state index contributed by atoms with van der Waals surface area (Å²) in [5.41, 5.74) is 0. The van der Waals surface area contributed by atoms with Crippen LogP contribution in [0.2, 0.25) is 94.7 Å². The molecule has 0 spiro atoms. The summed E-state index contributed by atoms with van der Waals surface area (Å²) in [6.07, 6.45) is 22.0. The Kier molecular flexibility index (Phi) is 39.6. The van der Waals surface area contributed by atoms with E-state index in [1.807, 2.05) is 20.8 Å². The minimum absolute atomic E-state index is 0. The molecule has 0 saturated carbocycles. The van der Waals surface area contributed by atoms with Crippen LogP contribution in [0, 0.1) is 6.92 Å². The molecule has 1 N–H and O–H groups in total.